The zero-order valence-corrected chi connectivity index (χ0v) is 10.7. The predicted molar refractivity (Wildman–Crippen MR) is 72.5 cm³/mol. The van der Waals surface area contributed by atoms with Gasteiger partial charge in [0.05, 0.1) is 16.6 Å². The monoisotopic (exact) mass is 256 g/mol. The smallest absolute Gasteiger partial charge is 0.144 e. The number of benzene rings is 2. The fraction of sp³-hybridized carbons (Fsp3) is 0.133. The van der Waals surface area contributed by atoms with Crippen LogP contribution in [0.5, 0.6) is 5.75 Å². The van der Waals surface area contributed by atoms with Crippen molar-refractivity contribution in [3.63, 3.8) is 0 Å². The minimum absolute atomic E-state index is 0.210. The largest absolute Gasteiger partial charge is 0.507 e. The van der Waals surface area contributed by atoms with Gasteiger partial charge in [-0.05, 0) is 30.7 Å². The number of imidazole rings is 1. The Balaban J connectivity index is 2.31. The van der Waals surface area contributed by atoms with Crippen molar-refractivity contribution in [2.75, 3.05) is 0 Å². The number of phenols is 1. The molecule has 0 fully saturated rings. The van der Waals surface area contributed by atoms with E-state index < -0.39 is 0 Å². The molecule has 0 radical (unpaired) electrons. The number of aromatic hydroxyl groups is 1. The third-order valence-electron chi connectivity index (χ3n) is 3.32. The van der Waals surface area contributed by atoms with Gasteiger partial charge in [0.1, 0.15) is 17.4 Å². The van der Waals surface area contributed by atoms with E-state index in [-0.39, 0.29) is 11.6 Å². The highest BCUT2D eigenvalue weighted by molar-refractivity contribution is 5.82. The fourth-order valence-electron chi connectivity index (χ4n) is 2.25. The topological polar surface area (TPSA) is 38.0 Å². The van der Waals surface area contributed by atoms with Gasteiger partial charge in [-0.2, -0.15) is 0 Å². The molecule has 0 saturated heterocycles. The number of aryl methyl sites for hydroxylation is 2. The molecular weight excluding hydrogens is 243 g/mol. The molecule has 0 amide bonds. The summed E-state index contributed by atoms with van der Waals surface area (Å²) >= 11 is 0. The lowest BCUT2D eigenvalue weighted by Gasteiger charge is -2.07. The van der Waals surface area contributed by atoms with Gasteiger partial charge in [0.15, 0.2) is 0 Å². The Hall–Kier alpha value is -2.36. The van der Waals surface area contributed by atoms with Crippen molar-refractivity contribution in [3.05, 3.63) is 47.8 Å². The summed E-state index contributed by atoms with van der Waals surface area (Å²) in [5.41, 5.74) is 2.85. The second kappa shape index (κ2) is 4.09. The number of para-hydroxylation sites is 1. The van der Waals surface area contributed by atoms with Gasteiger partial charge in [0.2, 0.25) is 0 Å². The maximum atomic E-state index is 13.2. The SMILES string of the molecule is Cc1cccc(-c2nc3cc(F)ccc3n2C)c1O. The molecule has 3 rings (SSSR count). The van der Waals surface area contributed by atoms with Crippen molar-refractivity contribution in [2.45, 2.75) is 6.92 Å². The average Bonchev–Trinajstić information content (AvgIpc) is 2.69. The molecule has 0 bridgehead atoms. The van der Waals surface area contributed by atoms with Crippen LogP contribution in [0.2, 0.25) is 0 Å². The lowest BCUT2D eigenvalue weighted by molar-refractivity contribution is 0.472. The number of fused-ring (bicyclic) bond motifs is 1. The van der Waals surface area contributed by atoms with Crippen LogP contribution in [-0.4, -0.2) is 14.7 Å². The van der Waals surface area contributed by atoms with Crippen LogP contribution in [0, 0.1) is 12.7 Å². The first kappa shape index (κ1) is 11.7. The number of nitrogens with zero attached hydrogens (tertiary/aromatic N) is 2. The van der Waals surface area contributed by atoms with E-state index in [0.29, 0.717) is 16.9 Å². The second-order valence-corrected chi connectivity index (χ2v) is 4.60. The molecule has 0 unspecified atom stereocenters. The minimum atomic E-state index is -0.314. The Morgan fingerprint density at radius 2 is 2.00 bits per heavy atom. The van der Waals surface area contributed by atoms with E-state index in [4.69, 9.17) is 0 Å². The molecule has 0 aliphatic carbocycles. The van der Waals surface area contributed by atoms with Gasteiger partial charge in [-0.1, -0.05) is 12.1 Å². The first-order valence-electron chi connectivity index (χ1n) is 5.99. The van der Waals surface area contributed by atoms with Crippen LogP contribution < -0.4 is 0 Å². The minimum Gasteiger partial charge on any atom is -0.507 e. The Bertz CT molecular complexity index is 777. The molecule has 19 heavy (non-hydrogen) atoms. The Morgan fingerprint density at radius 3 is 2.79 bits per heavy atom. The average molecular weight is 256 g/mol. The Labute approximate surface area is 109 Å². The Kier molecular flexibility index (Phi) is 2.52. The highest BCUT2D eigenvalue weighted by atomic mass is 19.1. The summed E-state index contributed by atoms with van der Waals surface area (Å²) in [7, 11) is 1.85. The van der Waals surface area contributed by atoms with Gasteiger partial charge in [0, 0.05) is 13.1 Å². The van der Waals surface area contributed by atoms with Crippen LogP contribution >= 0.6 is 0 Å². The summed E-state index contributed by atoms with van der Waals surface area (Å²) in [5.74, 6) is 0.522. The molecule has 0 aliphatic rings. The van der Waals surface area contributed by atoms with E-state index in [9.17, 15) is 9.50 Å². The number of phenolic OH excluding ortho intramolecular Hbond substituents is 1. The summed E-state index contributed by atoms with van der Waals surface area (Å²) in [5, 5.41) is 10.1. The fourth-order valence-corrected chi connectivity index (χ4v) is 2.25. The van der Waals surface area contributed by atoms with Crippen LogP contribution in [0.15, 0.2) is 36.4 Å². The molecular formula is C15H13FN2O. The van der Waals surface area contributed by atoms with Gasteiger partial charge < -0.3 is 9.67 Å². The van der Waals surface area contributed by atoms with Gasteiger partial charge >= 0.3 is 0 Å². The maximum absolute atomic E-state index is 13.2. The summed E-state index contributed by atoms with van der Waals surface area (Å²) < 4.78 is 15.1. The zero-order valence-electron chi connectivity index (χ0n) is 10.7. The maximum Gasteiger partial charge on any atom is 0.144 e. The van der Waals surface area contributed by atoms with Crippen LogP contribution in [0.1, 0.15) is 5.56 Å². The van der Waals surface area contributed by atoms with E-state index in [1.165, 1.54) is 12.1 Å². The third kappa shape index (κ3) is 1.76. The Morgan fingerprint density at radius 1 is 1.21 bits per heavy atom. The van der Waals surface area contributed by atoms with Gasteiger partial charge in [-0.15, -0.1) is 0 Å². The highest BCUT2D eigenvalue weighted by Gasteiger charge is 2.14. The van der Waals surface area contributed by atoms with Crippen LogP contribution in [0.4, 0.5) is 4.39 Å². The molecule has 3 aromatic rings. The van der Waals surface area contributed by atoms with Crippen LogP contribution in [0.3, 0.4) is 0 Å². The predicted octanol–water partition coefficient (Wildman–Crippen LogP) is 3.39. The number of rotatable bonds is 1. The molecule has 0 spiro atoms. The summed E-state index contributed by atoms with van der Waals surface area (Å²) in [6.07, 6.45) is 0. The van der Waals surface area contributed by atoms with Crippen molar-refractivity contribution in [2.24, 2.45) is 7.05 Å². The van der Waals surface area contributed by atoms with E-state index in [2.05, 4.69) is 4.98 Å². The quantitative estimate of drug-likeness (QED) is 0.724. The normalized spacial score (nSPS) is 11.1. The summed E-state index contributed by atoms with van der Waals surface area (Å²) in [6.45, 7) is 1.83. The van der Waals surface area contributed by atoms with E-state index >= 15 is 0 Å². The van der Waals surface area contributed by atoms with E-state index in [0.717, 1.165) is 11.1 Å². The third-order valence-corrected chi connectivity index (χ3v) is 3.32. The molecule has 96 valence electrons. The molecule has 2 aromatic carbocycles. The standard InChI is InChI=1S/C15H13FN2O/c1-9-4-3-5-11(14(9)19)15-17-12-8-10(16)6-7-13(12)18(15)2/h3-8,19H,1-2H3. The molecule has 1 aromatic heterocycles. The first-order valence-corrected chi connectivity index (χ1v) is 5.99. The number of aromatic nitrogens is 2. The second-order valence-electron chi connectivity index (χ2n) is 4.60. The van der Waals surface area contributed by atoms with Gasteiger partial charge in [-0.3, -0.25) is 0 Å². The van der Waals surface area contributed by atoms with Gasteiger partial charge in [-0.25, -0.2) is 9.37 Å². The van der Waals surface area contributed by atoms with Crippen LogP contribution in [0.25, 0.3) is 22.4 Å². The van der Waals surface area contributed by atoms with Crippen molar-refractivity contribution >= 4 is 11.0 Å². The molecule has 1 N–H and O–H groups in total. The number of halogens is 1. The number of hydrogen-bond acceptors (Lipinski definition) is 2. The van der Waals surface area contributed by atoms with E-state index in [1.54, 1.807) is 12.1 Å². The first-order chi connectivity index (χ1) is 9.08. The van der Waals surface area contributed by atoms with Crippen molar-refractivity contribution in [3.8, 4) is 17.1 Å². The van der Waals surface area contributed by atoms with Crippen LogP contribution in [-0.2, 0) is 7.05 Å². The molecule has 4 heteroatoms. The van der Waals surface area contributed by atoms with Crippen molar-refractivity contribution < 1.29 is 9.50 Å². The molecule has 1 heterocycles. The van der Waals surface area contributed by atoms with Crippen molar-refractivity contribution in [1.82, 2.24) is 9.55 Å². The summed E-state index contributed by atoms with van der Waals surface area (Å²) in [4.78, 5) is 4.41. The zero-order chi connectivity index (χ0) is 13.6. The summed E-state index contributed by atoms with van der Waals surface area (Å²) in [6, 6.07) is 9.99. The molecule has 3 nitrogen and oxygen atoms in total. The molecule has 0 saturated carbocycles. The lowest BCUT2D eigenvalue weighted by Crippen LogP contribution is -1.93. The highest BCUT2D eigenvalue weighted by Crippen LogP contribution is 2.32. The lowest BCUT2D eigenvalue weighted by atomic mass is 10.1. The van der Waals surface area contributed by atoms with E-state index in [1.807, 2.05) is 30.7 Å². The molecule has 0 aliphatic heterocycles. The molecule has 0 atom stereocenters. The number of hydrogen-bond donors (Lipinski definition) is 1. The van der Waals surface area contributed by atoms with Gasteiger partial charge in [0.25, 0.3) is 0 Å². The van der Waals surface area contributed by atoms with Crippen molar-refractivity contribution in [1.29, 1.82) is 0 Å².